The van der Waals surface area contributed by atoms with Gasteiger partial charge in [0.05, 0.1) is 5.56 Å². The molecular weight excluding hydrogens is 370 g/mol. The van der Waals surface area contributed by atoms with Gasteiger partial charge in [-0.3, -0.25) is 0 Å². The largest absolute Gasteiger partial charge is 0.507 e. The molecule has 0 aliphatic heterocycles. The first kappa shape index (κ1) is 19.4. The Balaban J connectivity index is 2.11. The molecule has 3 aromatic rings. The van der Waals surface area contributed by atoms with Crippen LogP contribution in [0.15, 0.2) is 54.0 Å². The second kappa shape index (κ2) is 7.68. The molecule has 0 fully saturated rings. The molecule has 0 unspecified atom stereocenters. The first-order valence-electron chi connectivity index (χ1n) is 8.26. The molecule has 0 saturated carbocycles. The Kier molecular flexibility index (Phi) is 5.31. The van der Waals surface area contributed by atoms with Crippen molar-refractivity contribution >= 4 is 18.0 Å². The molecule has 0 spiro atoms. The number of para-hydroxylation sites is 1. The number of aliphatic imine (C=N–C) groups is 1. The van der Waals surface area contributed by atoms with Gasteiger partial charge < -0.3 is 5.11 Å². The fraction of sp³-hybridized carbons (Fsp3) is 0.0455. The minimum absolute atomic E-state index is 0.0229. The van der Waals surface area contributed by atoms with Gasteiger partial charge in [0, 0.05) is 11.8 Å². The summed E-state index contributed by atoms with van der Waals surface area (Å²) in [7, 11) is 0. The third-order valence-corrected chi connectivity index (χ3v) is 4.28. The predicted molar refractivity (Wildman–Crippen MR) is 102 cm³/mol. The summed E-state index contributed by atoms with van der Waals surface area (Å²) in [6, 6.07) is 10.4. The van der Waals surface area contributed by atoms with Crippen LogP contribution in [-0.4, -0.2) is 11.3 Å². The van der Waals surface area contributed by atoms with Crippen LogP contribution in [0.1, 0.15) is 16.7 Å². The van der Waals surface area contributed by atoms with Gasteiger partial charge in [-0.2, -0.15) is 0 Å². The highest BCUT2D eigenvalue weighted by Crippen LogP contribution is 2.36. The molecule has 1 N–H and O–H groups in total. The van der Waals surface area contributed by atoms with Gasteiger partial charge in [0.25, 0.3) is 0 Å². The second-order valence-electron chi connectivity index (χ2n) is 6.08. The maximum absolute atomic E-state index is 14.5. The van der Waals surface area contributed by atoms with Crippen LogP contribution < -0.4 is 0 Å². The zero-order valence-corrected chi connectivity index (χ0v) is 14.8. The molecule has 0 radical (unpaired) electrons. The zero-order valence-electron chi connectivity index (χ0n) is 14.8. The van der Waals surface area contributed by atoms with Gasteiger partial charge in [-0.1, -0.05) is 49.1 Å². The number of nitrogens with zero attached hydrogens (tertiary/aromatic N) is 1. The van der Waals surface area contributed by atoms with Gasteiger partial charge in [0.2, 0.25) is 0 Å². The van der Waals surface area contributed by atoms with Crippen molar-refractivity contribution in [3.8, 4) is 16.9 Å². The molecule has 0 aliphatic rings. The minimum atomic E-state index is -1.62. The number of halogens is 4. The molecule has 28 heavy (non-hydrogen) atoms. The van der Waals surface area contributed by atoms with E-state index in [1.54, 1.807) is 19.1 Å². The summed E-state index contributed by atoms with van der Waals surface area (Å²) in [5.41, 5.74) is -0.593. The molecule has 0 amide bonds. The molecule has 0 heterocycles. The third-order valence-electron chi connectivity index (χ3n) is 4.28. The van der Waals surface area contributed by atoms with E-state index in [0.717, 1.165) is 6.21 Å². The average molecular weight is 385 g/mol. The fourth-order valence-electron chi connectivity index (χ4n) is 2.69. The lowest BCUT2D eigenvalue weighted by molar-refractivity contribution is 0.462. The molecule has 142 valence electrons. The summed E-state index contributed by atoms with van der Waals surface area (Å²) in [6.07, 6.45) is 2.47. The summed E-state index contributed by atoms with van der Waals surface area (Å²) in [4.78, 5) is 3.53. The molecule has 0 aromatic heterocycles. The number of hydrogen-bond donors (Lipinski definition) is 1. The van der Waals surface area contributed by atoms with Crippen LogP contribution in [0.5, 0.6) is 5.75 Å². The van der Waals surface area contributed by atoms with Crippen molar-refractivity contribution in [1.29, 1.82) is 0 Å². The summed E-state index contributed by atoms with van der Waals surface area (Å²) in [5, 5.41) is 9.92. The van der Waals surface area contributed by atoms with E-state index < -0.39 is 34.5 Å². The zero-order chi connectivity index (χ0) is 20.4. The first-order chi connectivity index (χ1) is 13.3. The van der Waals surface area contributed by atoms with Gasteiger partial charge in [0.1, 0.15) is 11.4 Å². The highest BCUT2D eigenvalue weighted by atomic mass is 19.2. The Morgan fingerprint density at radius 1 is 0.893 bits per heavy atom. The lowest BCUT2D eigenvalue weighted by Crippen LogP contribution is -2.00. The van der Waals surface area contributed by atoms with Gasteiger partial charge in [-0.05, 0) is 29.7 Å². The summed E-state index contributed by atoms with van der Waals surface area (Å²) < 4.78 is 57.9. The number of rotatable bonds is 4. The Labute approximate surface area is 159 Å². The highest BCUT2D eigenvalue weighted by molar-refractivity contribution is 5.86. The van der Waals surface area contributed by atoms with Crippen molar-refractivity contribution in [2.75, 3.05) is 0 Å². The molecule has 0 bridgehead atoms. The van der Waals surface area contributed by atoms with Crippen molar-refractivity contribution in [2.24, 2.45) is 4.99 Å². The van der Waals surface area contributed by atoms with E-state index in [-0.39, 0.29) is 16.9 Å². The number of phenolic OH excluding ortho intramolecular Hbond substituents is 1. The molecule has 2 nitrogen and oxygen atoms in total. The quantitative estimate of drug-likeness (QED) is 0.318. The van der Waals surface area contributed by atoms with E-state index in [0.29, 0.717) is 11.1 Å². The normalized spacial score (nSPS) is 11.2. The Morgan fingerprint density at radius 2 is 1.50 bits per heavy atom. The Hall–Kier alpha value is -3.41. The van der Waals surface area contributed by atoms with E-state index in [1.807, 2.05) is 0 Å². The third kappa shape index (κ3) is 3.41. The van der Waals surface area contributed by atoms with E-state index in [1.165, 1.54) is 36.4 Å². The van der Waals surface area contributed by atoms with E-state index >= 15 is 0 Å². The van der Waals surface area contributed by atoms with Crippen molar-refractivity contribution in [1.82, 2.24) is 0 Å². The van der Waals surface area contributed by atoms with Crippen LogP contribution in [0.25, 0.3) is 17.2 Å². The molecule has 6 heteroatoms. The molecule has 0 saturated heterocycles. The summed E-state index contributed by atoms with van der Waals surface area (Å²) >= 11 is 0. The number of aromatic hydroxyl groups is 1. The van der Waals surface area contributed by atoms with Crippen LogP contribution in [0.2, 0.25) is 0 Å². The molecular formula is C22H15F4NO. The Morgan fingerprint density at radius 3 is 2.07 bits per heavy atom. The molecule has 3 rings (SSSR count). The monoisotopic (exact) mass is 385 g/mol. The fourth-order valence-corrected chi connectivity index (χ4v) is 2.69. The SMILES string of the molecule is C=Cc1ccc(-c2c(F)c(F)c(N=Cc3cccc(C)c3O)c(F)c2F)cc1. The van der Waals surface area contributed by atoms with E-state index in [2.05, 4.69) is 11.6 Å². The van der Waals surface area contributed by atoms with Crippen LogP contribution in [0.3, 0.4) is 0 Å². The molecule has 3 aromatic carbocycles. The minimum Gasteiger partial charge on any atom is -0.507 e. The number of aryl methyl sites for hydroxylation is 1. The standard InChI is InChI=1S/C22H15F4NO/c1-3-13-7-9-14(10-8-13)16-17(23)19(25)21(20(26)18(16)24)27-11-15-6-4-5-12(2)22(15)28/h3-11,28H,1H2,2H3. The van der Waals surface area contributed by atoms with E-state index in [4.69, 9.17) is 0 Å². The van der Waals surface area contributed by atoms with Crippen molar-refractivity contribution in [2.45, 2.75) is 6.92 Å². The lowest BCUT2D eigenvalue weighted by Gasteiger charge is -2.10. The highest BCUT2D eigenvalue weighted by Gasteiger charge is 2.26. The van der Waals surface area contributed by atoms with Crippen molar-refractivity contribution in [3.63, 3.8) is 0 Å². The Bertz CT molecular complexity index is 1060. The maximum atomic E-state index is 14.5. The number of hydrogen-bond acceptors (Lipinski definition) is 2. The maximum Gasteiger partial charge on any atom is 0.188 e. The summed E-state index contributed by atoms with van der Waals surface area (Å²) in [6.45, 7) is 5.19. The van der Waals surface area contributed by atoms with Gasteiger partial charge in [-0.15, -0.1) is 0 Å². The summed E-state index contributed by atoms with van der Waals surface area (Å²) in [5.74, 6) is -6.49. The molecule has 0 atom stereocenters. The lowest BCUT2D eigenvalue weighted by atomic mass is 10.0. The van der Waals surface area contributed by atoms with Gasteiger partial charge in [0.15, 0.2) is 23.3 Å². The predicted octanol–water partition coefficient (Wildman–Crippen LogP) is 6.32. The second-order valence-corrected chi connectivity index (χ2v) is 6.08. The molecule has 0 aliphatic carbocycles. The smallest absolute Gasteiger partial charge is 0.188 e. The van der Waals surface area contributed by atoms with Crippen LogP contribution in [0, 0.1) is 30.2 Å². The van der Waals surface area contributed by atoms with Crippen molar-refractivity contribution in [3.05, 3.63) is 89.0 Å². The van der Waals surface area contributed by atoms with Crippen molar-refractivity contribution < 1.29 is 22.7 Å². The van der Waals surface area contributed by atoms with Crippen LogP contribution >= 0.6 is 0 Å². The number of phenols is 1. The van der Waals surface area contributed by atoms with Crippen LogP contribution in [0.4, 0.5) is 23.2 Å². The van der Waals surface area contributed by atoms with Crippen LogP contribution in [-0.2, 0) is 0 Å². The van der Waals surface area contributed by atoms with E-state index in [9.17, 15) is 22.7 Å². The topological polar surface area (TPSA) is 32.6 Å². The average Bonchev–Trinajstić information content (AvgIpc) is 2.70. The number of benzene rings is 3. The van der Waals surface area contributed by atoms with Gasteiger partial charge in [-0.25, -0.2) is 22.6 Å². The van der Waals surface area contributed by atoms with Gasteiger partial charge >= 0.3 is 0 Å². The first-order valence-corrected chi connectivity index (χ1v) is 8.26.